The highest BCUT2D eigenvalue weighted by Gasteiger charge is 2.41. The number of rotatable bonds is 8. The molecule has 0 bridgehead atoms. The number of carboxylic acid groups (broad SMARTS) is 1. The number of carbonyl (C=O) groups is 4. The Hall–Kier alpha value is -4.86. The lowest BCUT2D eigenvalue weighted by Crippen LogP contribution is -2.65. The number of carbonyl (C=O) groups excluding carboxylic acids is 3. The van der Waals surface area contributed by atoms with Crippen LogP contribution >= 0.6 is 0 Å². The maximum atomic E-state index is 14.0. The Balaban J connectivity index is 1.64. The molecule has 0 radical (unpaired) electrons. The van der Waals surface area contributed by atoms with E-state index in [1.165, 1.54) is 9.80 Å². The second-order valence-electron chi connectivity index (χ2n) is 11.2. The van der Waals surface area contributed by atoms with Crippen LogP contribution in [0.1, 0.15) is 60.9 Å². The summed E-state index contributed by atoms with van der Waals surface area (Å²) in [5.41, 5.74) is 4.70. The average Bonchev–Trinajstić information content (AvgIpc) is 2.96. The van der Waals surface area contributed by atoms with Gasteiger partial charge in [0.05, 0.1) is 12.5 Å². The lowest BCUT2D eigenvalue weighted by Gasteiger charge is -2.42. The third-order valence-corrected chi connectivity index (χ3v) is 7.38. The first-order valence-electron chi connectivity index (χ1n) is 14.4. The van der Waals surface area contributed by atoms with Crippen molar-refractivity contribution in [3.63, 3.8) is 0 Å². The zero-order chi connectivity index (χ0) is 31.1. The van der Waals surface area contributed by atoms with Gasteiger partial charge in [0.1, 0.15) is 0 Å². The summed E-state index contributed by atoms with van der Waals surface area (Å²) in [4.78, 5) is 55.6. The molecule has 0 spiro atoms. The van der Waals surface area contributed by atoms with E-state index in [0.717, 1.165) is 16.7 Å². The molecule has 10 heteroatoms. The van der Waals surface area contributed by atoms with Crippen LogP contribution in [0.2, 0.25) is 0 Å². The van der Waals surface area contributed by atoms with Gasteiger partial charge in [-0.05, 0) is 67.1 Å². The zero-order valence-corrected chi connectivity index (χ0v) is 25.0. The number of amides is 5. The Labute approximate surface area is 252 Å². The maximum absolute atomic E-state index is 14.0. The SMILES string of the molecule is Cc1cccc(NC(=O)N2CCCN(C(=O)Nc3ccc(C(C)C)cc3)C2C(=O)NC(CC(=O)O)c2cccc(C)c2)c1. The first kappa shape index (κ1) is 31.1. The number of benzene rings is 3. The van der Waals surface area contributed by atoms with E-state index in [9.17, 15) is 24.3 Å². The zero-order valence-electron chi connectivity index (χ0n) is 25.0. The standard InChI is InChI=1S/C33H39N5O5/c1-21(2)24-12-14-26(15-13-24)34-32(42)37-16-7-17-38(33(43)35-27-11-6-9-23(4)19-27)31(37)30(41)36-28(20-29(39)40)25-10-5-8-22(3)18-25/h5-6,8-15,18-19,21,28,31H,7,16-17,20H2,1-4H3,(H,34,42)(H,35,43)(H,36,41)(H,39,40). The fourth-order valence-corrected chi connectivity index (χ4v) is 5.16. The lowest BCUT2D eigenvalue weighted by molar-refractivity contribution is -0.138. The van der Waals surface area contributed by atoms with E-state index in [2.05, 4.69) is 29.8 Å². The molecule has 1 aliphatic rings. The molecule has 0 saturated carbocycles. The number of urea groups is 2. The first-order valence-corrected chi connectivity index (χ1v) is 14.4. The van der Waals surface area contributed by atoms with Crippen molar-refractivity contribution >= 4 is 35.3 Å². The minimum Gasteiger partial charge on any atom is -0.481 e. The molecule has 3 aromatic rings. The number of nitrogens with one attached hydrogen (secondary N) is 3. The highest BCUT2D eigenvalue weighted by molar-refractivity contribution is 5.98. The van der Waals surface area contributed by atoms with Gasteiger partial charge in [0, 0.05) is 24.5 Å². The van der Waals surface area contributed by atoms with Crippen LogP contribution in [0.25, 0.3) is 0 Å². The summed E-state index contributed by atoms with van der Waals surface area (Å²) in [5.74, 6) is -1.42. The normalized spacial score (nSPS) is 15.5. The molecule has 10 nitrogen and oxygen atoms in total. The van der Waals surface area contributed by atoms with Crippen LogP contribution in [-0.2, 0) is 9.59 Å². The first-order chi connectivity index (χ1) is 20.5. The van der Waals surface area contributed by atoms with Gasteiger partial charge in [-0.3, -0.25) is 19.4 Å². The van der Waals surface area contributed by atoms with E-state index in [-0.39, 0.29) is 19.5 Å². The minimum atomic E-state index is -1.32. The lowest BCUT2D eigenvalue weighted by atomic mass is 10.0. The van der Waals surface area contributed by atoms with Crippen molar-refractivity contribution in [1.82, 2.24) is 15.1 Å². The van der Waals surface area contributed by atoms with Gasteiger partial charge in [-0.15, -0.1) is 0 Å². The summed E-state index contributed by atoms with van der Waals surface area (Å²) in [5, 5.41) is 18.1. The Morgan fingerprint density at radius 3 is 1.93 bits per heavy atom. The average molecular weight is 586 g/mol. The molecule has 2 atom stereocenters. The van der Waals surface area contributed by atoms with Crippen LogP contribution in [0.5, 0.6) is 0 Å². The summed E-state index contributed by atoms with van der Waals surface area (Å²) >= 11 is 0. The third kappa shape index (κ3) is 8.12. The van der Waals surface area contributed by atoms with Gasteiger partial charge in [0.25, 0.3) is 5.91 Å². The molecule has 1 aliphatic heterocycles. The van der Waals surface area contributed by atoms with Crippen molar-refractivity contribution in [2.24, 2.45) is 0 Å². The number of hydrogen-bond acceptors (Lipinski definition) is 4. The Morgan fingerprint density at radius 1 is 0.791 bits per heavy atom. The van der Waals surface area contributed by atoms with Crippen LogP contribution in [0.15, 0.2) is 72.8 Å². The quantitative estimate of drug-likeness (QED) is 0.263. The van der Waals surface area contributed by atoms with Crippen LogP contribution in [0.3, 0.4) is 0 Å². The second kappa shape index (κ2) is 13.9. The van der Waals surface area contributed by atoms with Crippen molar-refractivity contribution in [3.8, 4) is 0 Å². The predicted molar refractivity (Wildman–Crippen MR) is 166 cm³/mol. The molecule has 4 N–H and O–H groups in total. The van der Waals surface area contributed by atoms with Crippen LogP contribution < -0.4 is 16.0 Å². The number of anilines is 2. The Kier molecular flexibility index (Phi) is 10.0. The highest BCUT2D eigenvalue weighted by Crippen LogP contribution is 2.24. The van der Waals surface area contributed by atoms with Gasteiger partial charge < -0.3 is 21.1 Å². The summed E-state index contributed by atoms with van der Waals surface area (Å²) in [6.45, 7) is 8.37. The molecule has 3 aromatic carbocycles. The fraction of sp³-hybridized carbons (Fsp3) is 0.333. The van der Waals surface area contributed by atoms with Crippen molar-refractivity contribution in [2.45, 2.75) is 58.7 Å². The van der Waals surface area contributed by atoms with Crippen molar-refractivity contribution in [3.05, 3.63) is 95.1 Å². The Bertz CT molecular complexity index is 1470. The smallest absolute Gasteiger partial charge is 0.323 e. The molecule has 2 unspecified atom stereocenters. The van der Waals surface area contributed by atoms with Crippen molar-refractivity contribution in [1.29, 1.82) is 0 Å². The molecule has 0 aliphatic carbocycles. The molecule has 1 saturated heterocycles. The molecule has 43 heavy (non-hydrogen) atoms. The van der Waals surface area contributed by atoms with Crippen molar-refractivity contribution < 1.29 is 24.3 Å². The predicted octanol–water partition coefficient (Wildman–Crippen LogP) is 5.86. The highest BCUT2D eigenvalue weighted by atomic mass is 16.4. The number of carboxylic acids is 1. The van der Waals surface area contributed by atoms with Gasteiger partial charge in [-0.25, -0.2) is 9.59 Å². The molecule has 226 valence electrons. The largest absolute Gasteiger partial charge is 0.481 e. The van der Waals surface area contributed by atoms with Gasteiger partial charge in [0.2, 0.25) is 0 Å². The van der Waals surface area contributed by atoms with E-state index >= 15 is 0 Å². The monoisotopic (exact) mass is 585 g/mol. The van der Waals surface area contributed by atoms with E-state index in [1.54, 1.807) is 30.3 Å². The van der Waals surface area contributed by atoms with E-state index in [0.29, 0.717) is 29.3 Å². The summed E-state index contributed by atoms with van der Waals surface area (Å²) < 4.78 is 0. The summed E-state index contributed by atoms with van der Waals surface area (Å²) in [6, 6.07) is 20.0. The molecule has 4 rings (SSSR count). The van der Waals surface area contributed by atoms with E-state index < -0.39 is 36.1 Å². The van der Waals surface area contributed by atoms with E-state index in [4.69, 9.17) is 0 Å². The van der Waals surface area contributed by atoms with Crippen LogP contribution in [-0.4, -0.2) is 58.1 Å². The summed E-state index contributed by atoms with van der Waals surface area (Å²) in [7, 11) is 0. The second-order valence-corrected chi connectivity index (χ2v) is 11.2. The molecule has 1 fully saturated rings. The molecular formula is C33H39N5O5. The number of aliphatic carboxylic acids is 1. The summed E-state index contributed by atoms with van der Waals surface area (Å²) in [6.07, 6.45) is -1.25. The molecular weight excluding hydrogens is 546 g/mol. The third-order valence-electron chi connectivity index (χ3n) is 7.38. The molecule has 1 heterocycles. The number of hydrogen-bond donors (Lipinski definition) is 4. The number of aryl methyl sites for hydroxylation is 2. The minimum absolute atomic E-state index is 0.219. The molecule has 0 aromatic heterocycles. The maximum Gasteiger partial charge on any atom is 0.323 e. The van der Waals surface area contributed by atoms with E-state index in [1.807, 2.05) is 56.3 Å². The number of nitrogens with zero attached hydrogens (tertiary/aromatic N) is 2. The van der Waals surface area contributed by atoms with Crippen LogP contribution in [0, 0.1) is 13.8 Å². The van der Waals surface area contributed by atoms with Gasteiger partial charge in [-0.2, -0.15) is 0 Å². The Morgan fingerprint density at radius 2 is 1.37 bits per heavy atom. The van der Waals surface area contributed by atoms with Gasteiger partial charge in [-0.1, -0.05) is 67.9 Å². The molecule has 5 amide bonds. The van der Waals surface area contributed by atoms with Crippen molar-refractivity contribution in [2.75, 3.05) is 23.7 Å². The van der Waals surface area contributed by atoms with Gasteiger partial charge in [0.15, 0.2) is 6.17 Å². The topological polar surface area (TPSA) is 131 Å². The van der Waals surface area contributed by atoms with Crippen LogP contribution in [0.4, 0.5) is 21.0 Å². The fourth-order valence-electron chi connectivity index (χ4n) is 5.16. The van der Waals surface area contributed by atoms with Gasteiger partial charge >= 0.3 is 18.0 Å².